The zero-order valence-electron chi connectivity index (χ0n) is 11.6. The molecule has 0 bridgehead atoms. The molecule has 0 fully saturated rings. The average molecular weight is 324 g/mol. The van der Waals surface area contributed by atoms with Gasteiger partial charge in [-0.05, 0) is 25.6 Å². The fraction of sp³-hybridized carbons (Fsp3) is 0.462. The topological polar surface area (TPSA) is 61.8 Å². The summed E-state index contributed by atoms with van der Waals surface area (Å²) in [5, 5.41) is 11.5. The predicted octanol–water partition coefficient (Wildman–Crippen LogP) is 3.26. The Morgan fingerprint density at radius 2 is 2.00 bits per heavy atom. The summed E-state index contributed by atoms with van der Waals surface area (Å²) in [4.78, 5) is 1.46. The van der Waals surface area contributed by atoms with E-state index in [0.717, 1.165) is 0 Å². The normalized spacial score (nSPS) is 16.0. The first-order valence-electron chi connectivity index (χ1n) is 6.17. The Balaban J connectivity index is 2.92. The van der Waals surface area contributed by atoms with Crippen molar-refractivity contribution in [1.82, 2.24) is 4.90 Å². The SMILES string of the molecule is CC(c1ccccc1Cl)N(C)CC(/C(N)=N/O)C(F)(F)F. The molecule has 1 aromatic carbocycles. The third-order valence-electron chi connectivity index (χ3n) is 3.35. The number of oxime groups is 1. The molecule has 0 aliphatic rings. The molecule has 0 saturated carbocycles. The number of amidine groups is 1. The van der Waals surface area contributed by atoms with Crippen molar-refractivity contribution in [2.24, 2.45) is 16.8 Å². The lowest BCUT2D eigenvalue weighted by Crippen LogP contribution is -2.44. The van der Waals surface area contributed by atoms with Crippen LogP contribution in [-0.2, 0) is 0 Å². The van der Waals surface area contributed by atoms with E-state index < -0.39 is 24.5 Å². The molecule has 1 aromatic rings. The van der Waals surface area contributed by atoms with E-state index in [0.29, 0.717) is 10.6 Å². The highest BCUT2D eigenvalue weighted by Crippen LogP contribution is 2.31. The molecular weight excluding hydrogens is 307 g/mol. The number of nitrogens with two attached hydrogens (primary N) is 1. The summed E-state index contributed by atoms with van der Waals surface area (Å²) < 4.78 is 38.8. The van der Waals surface area contributed by atoms with Crippen LogP contribution >= 0.6 is 11.6 Å². The Bertz CT molecular complexity index is 508. The number of hydrogen-bond acceptors (Lipinski definition) is 3. The monoisotopic (exact) mass is 323 g/mol. The molecule has 0 aliphatic heterocycles. The number of hydrogen-bond donors (Lipinski definition) is 2. The van der Waals surface area contributed by atoms with Gasteiger partial charge < -0.3 is 10.9 Å². The van der Waals surface area contributed by atoms with E-state index in [4.69, 9.17) is 22.5 Å². The van der Waals surface area contributed by atoms with Gasteiger partial charge in [0.2, 0.25) is 0 Å². The maximum atomic E-state index is 12.9. The molecule has 2 atom stereocenters. The second-order valence-corrected chi connectivity index (χ2v) is 5.16. The van der Waals surface area contributed by atoms with Crippen LogP contribution < -0.4 is 5.73 Å². The summed E-state index contributed by atoms with van der Waals surface area (Å²) in [7, 11) is 1.53. The molecule has 8 heteroatoms. The lowest BCUT2D eigenvalue weighted by molar-refractivity contribution is -0.160. The van der Waals surface area contributed by atoms with Crippen LogP contribution in [0.3, 0.4) is 0 Å². The molecule has 21 heavy (non-hydrogen) atoms. The highest BCUT2D eigenvalue weighted by atomic mass is 35.5. The minimum atomic E-state index is -4.59. The van der Waals surface area contributed by atoms with Crippen molar-refractivity contribution in [3.8, 4) is 0 Å². The molecule has 0 heterocycles. The van der Waals surface area contributed by atoms with Gasteiger partial charge in [-0.3, -0.25) is 4.90 Å². The number of alkyl halides is 3. The van der Waals surface area contributed by atoms with Crippen LogP contribution in [0.15, 0.2) is 29.4 Å². The van der Waals surface area contributed by atoms with Crippen LogP contribution in [0, 0.1) is 5.92 Å². The van der Waals surface area contributed by atoms with Gasteiger partial charge in [-0.25, -0.2) is 0 Å². The first-order valence-corrected chi connectivity index (χ1v) is 6.55. The molecule has 0 aromatic heterocycles. The highest BCUT2D eigenvalue weighted by Gasteiger charge is 2.43. The molecule has 0 radical (unpaired) electrons. The van der Waals surface area contributed by atoms with Crippen LogP contribution in [0.2, 0.25) is 5.02 Å². The lowest BCUT2D eigenvalue weighted by Gasteiger charge is -2.30. The van der Waals surface area contributed by atoms with E-state index in [2.05, 4.69) is 5.16 Å². The van der Waals surface area contributed by atoms with Crippen LogP contribution in [0.25, 0.3) is 0 Å². The zero-order chi connectivity index (χ0) is 16.2. The highest BCUT2D eigenvalue weighted by molar-refractivity contribution is 6.31. The quantitative estimate of drug-likeness (QED) is 0.378. The van der Waals surface area contributed by atoms with Gasteiger partial charge in [0.05, 0.1) is 0 Å². The Morgan fingerprint density at radius 1 is 1.43 bits per heavy atom. The van der Waals surface area contributed by atoms with Gasteiger partial charge in [0, 0.05) is 17.6 Å². The van der Waals surface area contributed by atoms with E-state index in [1.54, 1.807) is 31.2 Å². The minimum Gasteiger partial charge on any atom is -0.409 e. The van der Waals surface area contributed by atoms with E-state index in [-0.39, 0.29) is 6.04 Å². The number of halogens is 4. The standard InChI is InChI=1S/C13H17ClF3N3O/c1-8(9-5-3-4-6-11(9)14)20(2)7-10(12(18)19-21)13(15,16)17/h3-6,8,10,21H,7H2,1-2H3,(H2,18,19). The van der Waals surface area contributed by atoms with Crippen LogP contribution in [0.1, 0.15) is 18.5 Å². The van der Waals surface area contributed by atoms with Crippen molar-refractivity contribution < 1.29 is 18.4 Å². The Morgan fingerprint density at radius 3 is 2.48 bits per heavy atom. The van der Waals surface area contributed by atoms with Crippen molar-refractivity contribution in [3.05, 3.63) is 34.9 Å². The summed E-state index contributed by atoms with van der Waals surface area (Å²) in [6.07, 6.45) is -4.59. The molecule has 0 aliphatic carbocycles. The van der Waals surface area contributed by atoms with E-state index >= 15 is 0 Å². The molecule has 118 valence electrons. The van der Waals surface area contributed by atoms with Gasteiger partial charge >= 0.3 is 6.18 Å². The summed E-state index contributed by atoms with van der Waals surface area (Å²) in [6, 6.07) is 6.57. The molecule has 4 nitrogen and oxygen atoms in total. The summed E-state index contributed by atoms with van der Waals surface area (Å²) in [6.45, 7) is 1.30. The fourth-order valence-corrected chi connectivity index (χ4v) is 2.23. The van der Waals surface area contributed by atoms with Crippen molar-refractivity contribution in [3.63, 3.8) is 0 Å². The minimum absolute atomic E-state index is 0.352. The average Bonchev–Trinajstić information content (AvgIpc) is 2.42. The smallest absolute Gasteiger partial charge is 0.400 e. The molecule has 0 saturated heterocycles. The molecule has 1 rings (SSSR count). The predicted molar refractivity (Wildman–Crippen MR) is 75.5 cm³/mol. The van der Waals surface area contributed by atoms with Crippen molar-refractivity contribution in [2.45, 2.75) is 19.1 Å². The van der Waals surface area contributed by atoms with Gasteiger partial charge in [0.25, 0.3) is 0 Å². The first-order chi connectivity index (χ1) is 9.68. The zero-order valence-corrected chi connectivity index (χ0v) is 12.4. The van der Waals surface area contributed by atoms with Gasteiger partial charge in [0.1, 0.15) is 5.92 Å². The Labute approximate surface area is 126 Å². The van der Waals surface area contributed by atoms with Gasteiger partial charge in [-0.15, -0.1) is 0 Å². The summed E-state index contributed by atoms with van der Waals surface area (Å²) in [5.74, 6) is -2.90. The number of nitrogens with zero attached hydrogens (tertiary/aromatic N) is 2. The number of benzene rings is 1. The Kier molecular flexibility index (Phi) is 5.86. The van der Waals surface area contributed by atoms with E-state index in [1.165, 1.54) is 11.9 Å². The van der Waals surface area contributed by atoms with Crippen molar-refractivity contribution >= 4 is 17.4 Å². The molecular formula is C13H17ClF3N3O. The maximum Gasteiger partial charge on any atom is 0.400 e. The molecule has 0 spiro atoms. The Hall–Kier alpha value is -1.47. The lowest BCUT2D eigenvalue weighted by atomic mass is 10.0. The molecule has 2 unspecified atom stereocenters. The van der Waals surface area contributed by atoms with E-state index in [1.807, 2.05) is 0 Å². The van der Waals surface area contributed by atoms with Gasteiger partial charge in [-0.1, -0.05) is 35.0 Å². The fourth-order valence-electron chi connectivity index (χ4n) is 1.93. The second-order valence-electron chi connectivity index (χ2n) is 4.76. The third-order valence-corrected chi connectivity index (χ3v) is 3.70. The largest absolute Gasteiger partial charge is 0.409 e. The summed E-state index contributed by atoms with van der Waals surface area (Å²) >= 11 is 6.04. The molecule has 0 amide bonds. The third kappa shape index (κ3) is 4.50. The van der Waals surface area contributed by atoms with Crippen LogP contribution in [0.4, 0.5) is 13.2 Å². The first kappa shape index (κ1) is 17.6. The van der Waals surface area contributed by atoms with Crippen LogP contribution in [0.5, 0.6) is 0 Å². The van der Waals surface area contributed by atoms with E-state index in [9.17, 15) is 13.2 Å². The van der Waals surface area contributed by atoms with Crippen LogP contribution in [-0.4, -0.2) is 35.7 Å². The van der Waals surface area contributed by atoms with Gasteiger partial charge in [-0.2, -0.15) is 13.2 Å². The van der Waals surface area contributed by atoms with Crippen molar-refractivity contribution in [1.29, 1.82) is 0 Å². The number of rotatable bonds is 5. The van der Waals surface area contributed by atoms with Gasteiger partial charge in [0.15, 0.2) is 5.84 Å². The maximum absolute atomic E-state index is 12.9. The molecule has 3 N–H and O–H groups in total. The van der Waals surface area contributed by atoms with Crippen molar-refractivity contribution in [2.75, 3.05) is 13.6 Å². The second kappa shape index (κ2) is 7.00. The summed E-state index contributed by atoms with van der Waals surface area (Å²) in [5.41, 5.74) is 5.86.